The van der Waals surface area contributed by atoms with Crippen LogP contribution in [0.25, 0.3) is 11.2 Å². The number of nitrogens with zero attached hydrogens (tertiary/aromatic N) is 2. The van der Waals surface area contributed by atoms with Crippen LogP contribution in [0, 0.1) is 6.92 Å². The second-order valence-corrected chi connectivity index (χ2v) is 3.63. The number of H-pyrrole nitrogens is 1. The first-order valence-corrected chi connectivity index (χ1v) is 4.62. The lowest BCUT2D eigenvalue weighted by molar-refractivity contribution is 0.273. The maximum absolute atomic E-state index is 8.87. The van der Waals surface area contributed by atoms with Crippen LogP contribution in [-0.2, 0) is 6.61 Å². The summed E-state index contributed by atoms with van der Waals surface area (Å²) in [6.45, 7) is 1.88. The van der Waals surface area contributed by atoms with Crippen LogP contribution < -0.4 is 0 Å². The summed E-state index contributed by atoms with van der Waals surface area (Å²) in [7, 11) is 0. The van der Waals surface area contributed by atoms with Crippen molar-refractivity contribution < 1.29 is 5.11 Å². The van der Waals surface area contributed by atoms with Crippen molar-refractivity contribution in [3.05, 3.63) is 22.1 Å². The van der Waals surface area contributed by atoms with Crippen LogP contribution >= 0.6 is 15.9 Å². The molecule has 13 heavy (non-hydrogen) atoms. The van der Waals surface area contributed by atoms with E-state index >= 15 is 0 Å². The van der Waals surface area contributed by atoms with E-state index in [4.69, 9.17) is 5.11 Å². The van der Waals surface area contributed by atoms with Crippen molar-refractivity contribution in [1.82, 2.24) is 15.0 Å². The normalized spacial score (nSPS) is 11.0. The third kappa shape index (κ3) is 1.34. The second-order valence-electron chi connectivity index (χ2n) is 2.77. The topological polar surface area (TPSA) is 61.8 Å². The fourth-order valence-corrected chi connectivity index (χ4v) is 1.48. The Kier molecular flexibility index (Phi) is 2.05. The zero-order chi connectivity index (χ0) is 9.42. The van der Waals surface area contributed by atoms with Crippen LogP contribution in [0.3, 0.4) is 0 Å². The van der Waals surface area contributed by atoms with Crippen molar-refractivity contribution >= 4 is 27.1 Å². The number of fused-ring (bicyclic) bond motifs is 1. The molecule has 0 radical (unpaired) electrons. The molecule has 2 N–H and O–H groups in total. The number of hydrogen-bond acceptors (Lipinski definition) is 3. The Morgan fingerprint density at radius 2 is 2.38 bits per heavy atom. The number of aromatic nitrogens is 3. The van der Waals surface area contributed by atoms with E-state index in [1.165, 1.54) is 0 Å². The minimum Gasteiger partial charge on any atom is -0.388 e. The lowest BCUT2D eigenvalue weighted by Gasteiger charge is -1.96. The van der Waals surface area contributed by atoms with Gasteiger partial charge >= 0.3 is 0 Å². The quantitative estimate of drug-likeness (QED) is 0.796. The highest BCUT2D eigenvalue weighted by Crippen LogP contribution is 2.21. The van der Waals surface area contributed by atoms with Crippen molar-refractivity contribution in [2.45, 2.75) is 13.5 Å². The van der Waals surface area contributed by atoms with E-state index in [-0.39, 0.29) is 6.61 Å². The number of rotatable bonds is 1. The summed E-state index contributed by atoms with van der Waals surface area (Å²) >= 11 is 3.37. The van der Waals surface area contributed by atoms with Gasteiger partial charge in [0.15, 0.2) is 5.65 Å². The number of aryl methyl sites for hydroxylation is 1. The number of aliphatic hydroxyl groups is 1. The number of aliphatic hydroxyl groups excluding tert-OH is 1. The molecular formula is C8H8BrN3O. The minimum absolute atomic E-state index is 0.0899. The molecule has 0 saturated heterocycles. The summed E-state index contributed by atoms with van der Waals surface area (Å²) in [5.41, 5.74) is 2.57. The smallest absolute Gasteiger partial charge is 0.178 e. The van der Waals surface area contributed by atoms with Gasteiger partial charge in [-0.3, -0.25) is 0 Å². The molecule has 0 aliphatic rings. The van der Waals surface area contributed by atoms with Crippen molar-refractivity contribution in [1.29, 1.82) is 0 Å². The van der Waals surface area contributed by atoms with Gasteiger partial charge in [0, 0.05) is 10.7 Å². The van der Waals surface area contributed by atoms with Crippen LogP contribution in [0.15, 0.2) is 10.7 Å². The van der Waals surface area contributed by atoms with Crippen molar-refractivity contribution in [2.75, 3.05) is 0 Å². The molecule has 0 amide bonds. The lowest BCUT2D eigenvalue weighted by atomic mass is 10.3. The molecular weight excluding hydrogens is 234 g/mol. The van der Waals surface area contributed by atoms with Crippen LogP contribution in [-0.4, -0.2) is 20.1 Å². The van der Waals surface area contributed by atoms with E-state index in [0.717, 1.165) is 15.6 Å². The van der Waals surface area contributed by atoms with Gasteiger partial charge in [-0.2, -0.15) is 0 Å². The van der Waals surface area contributed by atoms with Gasteiger partial charge in [-0.25, -0.2) is 9.97 Å². The van der Waals surface area contributed by atoms with Gasteiger partial charge < -0.3 is 10.1 Å². The SMILES string of the molecule is Cc1c(Br)cnc2nc(CO)[nH]c12. The summed E-state index contributed by atoms with van der Waals surface area (Å²) in [5.74, 6) is 0.545. The number of pyridine rings is 1. The van der Waals surface area contributed by atoms with E-state index in [9.17, 15) is 0 Å². The molecule has 0 aliphatic carbocycles. The highest BCUT2D eigenvalue weighted by molar-refractivity contribution is 9.10. The number of nitrogens with one attached hydrogen (secondary N) is 1. The highest BCUT2D eigenvalue weighted by Gasteiger charge is 2.07. The zero-order valence-electron chi connectivity index (χ0n) is 7.00. The molecule has 0 bridgehead atoms. The average molecular weight is 242 g/mol. The molecule has 5 heteroatoms. The predicted molar refractivity (Wildman–Crippen MR) is 52.2 cm³/mol. The first-order chi connectivity index (χ1) is 6.22. The highest BCUT2D eigenvalue weighted by atomic mass is 79.9. The van der Waals surface area contributed by atoms with Gasteiger partial charge in [-0.15, -0.1) is 0 Å². The van der Waals surface area contributed by atoms with E-state index < -0.39 is 0 Å². The Bertz CT molecular complexity index is 452. The third-order valence-electron chi connectivity index (χ3n) is 1.92. The Balaban J connectivity index is 2.76. The third-order valence-corrected chi connectivity index (χ3v) is 2.72. The van der Waals surface area contributed by atoms with Gasteiger partial charge in [-0.1, -0.05) is 0 Å². The van der Waals surface area contributed by atoms with Gasteiger partial charge in [0.25, 0.3) is 0 Å². The summed E-state index contributed by atoms with van der Waals surface area (Å²) in [6, 6.07) is 0. The van der Waals surface area contributed by atoms with Crippen molar-refractivity contribution in [3.8, 4) is 0 Å². The molecule has 0 fully saturated rings. The fraction of sp³-hybridized carbons (Fsp3) is 0.250. The predicted octanol–water partition coefficient (Wildman–Crippen LogP) is 1.52. The fourth-order valence-electron chi connectivity index (χ4n) is 1.18. The molecule has 2 rings (SSSR count). The molecule has 2 heterocycles. The van der Waals surface area contributed by atoms with Crippen molar-refractivity contribution in [3.63, 3.8) is 0 Å². The summed E-state index contributed by atoms with van der Waals surface area (Å²) in [5, 5.41) is 8.87. The van der Waals surface area contributed by atoms with Crippen LogP contribution in [0.4, 0.5) is 0 Å². The number of halogens is 1. The molecule has 2 aromatic heterocycles. The van der Waals surface area contributed by atoms with E-state index in [2.05, 4.69) is 30.9 Å². The molecule has 2 aromatic rings. The van der Waals surface area contributed by atoms with E-state index in [1.807, 2.05) is 6.92 Å². The Morgan fingerprint density at radius 1 is 1.62 bits per heavy atom. The minimum atomic E-state index is -0.0899. The Hall–Kier alpha value is -0.940. The largest absolute Gasteiger partial charge is 0.388 e. The monoisotopic (exact) mass is 241 g/mol. The molecule has 0 atom stereocenters. The van der Waals surface area contributed by atoms with Gasteiger partial charge in [-0.05, 0) is 28.4 Å². The molecule has 0 aliphatic heterocycles. The van der Waals surface area contributed by atoms with Crippen molar-refractivity contribution in [2.24, 2.45) is 0 Å². The zero-order valence-corrected chi connectivity index (χ0v) is 8.59. The molecule has 0 saturated carbocycles. The number of hydrogen-bond donors (Lipinski definition) is 2. The summed E-state index contributed by atoms with van der Waals surface area (Å²) in [4.78, 5) is 11.2. The van der Waals surface area contributed by atoms with Gasteiger partial charge in [0.1, 0.15) is 12.4 Å². The van der Waals surface area contributed by atoms with E-state index in [0.29, 0.717) is 11.5 Å². The molecule has 0 unspecified atom stereocenters. The Morgan fingerprint density at radius 3 is 3.08 bits per heavy atom. The van der Waals surface area contributed by atoms with Crippen LogP contribution in [0.2, 0.25) is 0 Å². The maximum Gasteiger partial charge on any atom is 0.178 e. The lowest BCUT2D eigenvalue weighted by Crippen LogP contribution is -1.83. The first kappa shape index (κ1) is 8.65. The standard InChI is InChI=1S/C8H8BrN3O/c1-4-5(9)2-10-8-7(4)11-6(3-13)12-8/h2,13H,3H2,1H3,(H,10,11,12). The molecule has 0 spiro atoms. The van der Waals surface area contributed by atoms with Crippen LogP contribution in [0.5, 0.6) is 0 Å². The van der Waals surface area contributed by atoms with Crippen LogP contribution in [0.1, 0.15) is 11.4 Å². The number of aromatic amines is 1. The molecule has 4 nitrogen and oxygen atoms in total. The summed E-state index contributed by atoms with van der Waals surface area (Å²) < 4.78 is 0.938. The maximum atomic E-state index is 8.87. The number of imidazole rings is 1. The second kappa shape index (κ2) is 3.08. The van der Waals surface area contributed by atoms with Gasteiger partial charge in [0.2, 0.25) is 0 Å². The Labute approximate surface area is 83.2 Å². The first-order valence-electron chi connectivity index (χ1n) is 3.83. The molecule has 0 aromatic carbocycles. The van der Waals surface area contributed by atoms with Gasteiger partial charge in [0.05, 0.1) is 5.52 Å². The van der Waals surface area contributed by atoms with E-state index in [1.54, 1.807) is 6.20 Å². The summed E-state index contributed by atoms with van der Waals surface area (Å²) in [6.07, 6.45) is 1.71. The molecule has 68 valence electrons. The average Bonchev–Trinajstić information content (AvgIpc) is 2.55.